The van der Waals surface area contributed by atoms with Crippen molar-refractivity contribution in [1.29, 1.82) is 0 Å². The maximum atomic E-state index is 12.3. The van der Waals surface area contributed by atoms with Crippen LogP contribution in [0.25, 0.3) is 0 Å². The lowest BCUT2D eigenvalue weighted by Crippen LogP contribution is -2.55. The minimum absolute atomic E-state index is 0. The Labute approximate surface area is 154 Å². The summed E-state index contributed by atoms with van der Waals surface area (Å²) in [5, 5.41) is 8.64. The zero-order valence-electron chi connectivity index (χ0n) is 14.6. The second-order valence-electron chi connectivity index (χ2n) is 5.76. The molecule has 0 atom stereocenters. The van der Waals surface area contributed by atoms with Gasteiger partial charge in [-0.25, -0.2) is 0 Å². The zero-order chi connectivity index (χ0) is 17.4. The molecule has 0 aliphatic carbocycles. The molecule has 7 nitrogen and oxygen atoms in total. The molecule has 25 heavy (non-hydrogen) atoms. The number of hydrogen-bond donors (Lipinski definition) is 3. The SMILES string of the molecule is COc1ccc(CNC(=O)CNC(=O)C2(OC)CCNCC2)cc1.Cl. The second-order valence-corrected chi connectivity index (χ2v) is 5.76. The first-order valence-corrected chi connectivity index (χ1v) is 8.03. The van der Waals surface area contributed by atoms with Gasteiger partial charge in [0.15, 0.2) is 0 Å². The fraction of sp³-hybridized carbons (Fsp3) is 0.529. The van der Waals surface area contributed by atoms with E-state index in [0.29, 0.717) is 19.4 Å². The summed E-state index contributed by atoms with van der Waals surface area (Å²) in [6.07, 6.45) is 1.20. The molecule has 0 radical (unpaired) electrons. The molecule has 1 aromatic carbocycles. The van der Waals surface area contributed by atoms with Gasteiger partial charge in [0, 0.05) is 13.7 Å². The van der Waals surface area contributed by atoms with E-state index in [2.05, 4.69) is 16.0 Å². The van der Waals surface area contributed by atoms with Gasteiger partial charge in [0.25, 0.3) is 5.91 Å². The summed E-state index contributed by atoms with van der Waals surface area (Å²) in [6.45, 7) is 1.79. The highest BCUT2D eigenvalue weighted by atomic mass is 35.5. The van der Waals surface area contributed by atoms with Crippen molar-refractivity contribution < 1.29 is 19.1 Å². The second kappa shape index (κ2) is 10.2. The number of rotatable bonds is 7. The maximum absolute atomic E-state index is 12.3. The Balaban J connectivity index is 0.00000312. The van der Waals surface area contributed by atoms with E-state index in [1.165, 1.54) is 7.11 Å². The Bertz CT molecular complexity index is 560. The van der Waals surface area contributed by atoms with Crippen molar-refractivity contribution >= 4 is 24.2 Å². The lowest BCUT2D eigenvalue weighted by molar-refractivity contribution is -0.147. The molecule has 0 spiro atoms. The summed E-state index contributed by atoms with van der Waals surface area (Å²) >= 11 is 0. The molecule has 1 aliphatic rings. The number of benzene rings is 1. The first-order valence-electron chi connectivity index (χ1n) is 8.03. The molecule has 1 aliphatic heterocycles. The highest BCUT2D eigenvalue weighted by Crippen LogP contribution is 2.22. The lowest BCUT2D eigenvalue weighted by atomic mass is 9.91. The summed E-state index contributed by atoms with van der Waals surface area (Å²) in [5.74, 6) is 0.301. The van der Waals surface area contributed by atoms with E-state index >= 15 is 0 Å². The third kappa shape index (κ3) is 5.88. The summed E-state index contributed by atoms with van der Waals surface area (Å²) < 4.78 is 10.5. The van der Waals surface area contributed by atoms with Crippen LogP contribution in [-0.4, -0.2) is 51.3 Å². The lowest BCUT2D eigenvalue weighted by Gasteiger charge is -2.34. The normalized spacial score (nSPS) is 15.6. The molecule has 140 valence electrons. The van der Waals surface area contributed by atoms with E-state index in [1.807, 2.05) is 24.3 Å². The minimum atomic E-state index is -0.832. The molecule has 3 N–H and O–H groups in total. The van der Waals surface area contributed by atoms with Crippen LogP contribution >= 0.6 is 12.4 Å². The van der Waals surface area contributed by atoms with Crippen LogP contribution in [0.3, 0.4) is 0 Å². The van der Waals surface area contributed by atoms with Gasteiger partial charge in [0.2, 0.25) is 5.91 Å². The molecule has 1 fully saturated rings. The van der Waals surface area contributed by atoms with Crippen molar-refractivity contribution in [3.8, 4) is 5.75 Å². The largest absolute Gasteiger partial charge is 0.497 e. The number of nitrogens with one attached hydrogen (secondary N) is 3. The smallest absolute Gasteiger partial charge is 0.252 e. The van der Waals surface area contributed by atoms with Crippen molar-refractivity contribution in [2.45, 2.75) is 25.0 Å². The van der Waals surface area contributed by atoms with E-state index in [9.17, 15) is 9.59 Å². The Morgan fingerprint density at radius 1 is 1.12 bits per heavy atom. The number of halogens is 1. The van der Waals surface area contributed by atoms with Crippen LogP contribution < -0.4 is 20.7 Å². The van der Waals surface area contributed by atoms with Crippen LogP contribution in [0, 0.1) is 0 Å². The predicted molar refractivity (Wildman–Crippen MR) is 96.9 cm³/mol. The number of hydrogen-bond acceptors (Lipinski definition) is 5. The molecule has 2 amide bonds. The van der Waals surface area contributed by atoms with Gasteiger partial charge in [-0.3, -0.25) is 9.59 Å². The van der Waals surface area contributed by atoms with Gasteiger partial charge in [-0.2, -0.15) is 0 Å². The molecule has 2 rings (SSSR count). The molecule has 1 saturated heterocycles. The van der Waals surface area contributed by atoms with E-state index in [-0.39, 0.29) is 30.8 Å². The first kappa shape index (κ1) is 21.2. The van der Waals surface area contributed by atoms with E-state index in [1.54, 1.807) is 7.11 Å². The van der Waals surface area contributed by atoms with Gasteiger partial charge in [-0.15, -0.1) is 12.4 Å². The summed E-state index contributed by atoms with van der Waals surface area (Å²) in [5.41, 5.74) is 0.129. The molecule has 1 aromatic rings. The number of carbonyl (C=O) groups is 2. The van der Waals surface area contributed by atoms with E-state index in [4.69, 9.17) is 9.47 Å². The van der Waals surface area contributed by atoms with E-state index < -0.39 is 5.60 Å². The maximum Gasteiger partial charge on any atom is 0.252 e. The Hall–Kier alpha value is -1.83. The van der Waals surface area contributed by atoms with Gasteiger partial charge >= 0.3 is 0 Å². The van der Waals surface area contributed by atoms with Crippen molar-refractivity contribution in [1.82, 2.24) is 16.0 Å². The average molecular weight is 372 g/mol. The third-order valence-corrected chi connectivity index (χ3v) is 4.27. The Morgan fingerprint density at radius 3 is 2.32 bits per heavy atom. The summed E-state index contributed by atoms with van der Waals surface area (Å²) in [6, 6.07) is 7.44. The van der Waals surface area contributed by atoms with Crippen molar-refractivity contribution in [2.24, 2.45) is 0 Å². The number of piperidine rings is 1. The molecule has 1 heterocycles. The van der Waals surface area contributed by atoms with Crippen LogP contribution in [0.15, 0.2) is 24.3 Å². The van der Waals surface area contributed by atoms with Crippen molar-refractivity contribution in [3.05, 3.63) is 29.8 Å². The monoisotopic (exact) mass is 371 g/mol. The van der Waals surface area contributed by atoms with Gasteiger partial charge < -0.3 is 25.4 Å². The zero-order valence-corrected chi connectivity index (χ0v) is 15.4. The Kier molecular flexibility index (Phi) is 8.68. The minimum Gasteiger partial charge on any atom is -0.497 e. The molecule has 0 unspecified atom stereocenters. The summed E-state index contributed by atoms with van der Waals surface area (Å²) in [7, 11) is 3.14. The molecule has 0 saturated carbocycles. The van der Waals surface area contributed by atoms with Crippen LogP contribution in [0.5, 0.6) is 5.75 Å². The van der Waals surface area contributed by atoms with Crippen molar-refractivity contribution in [2.75, 3.05) is 33.9 Å². The number of ether oxygens (including phenoxy) is 2. The van der Waals surface area contributed by atoms with Crippen LogP contribution in [-0.2, 0) is 20.9 Å². The molecular formula is C17H26ClN3O4. The average Bonchev–Trinajstić information content (AvgIpc) is 2.65. The van der Waals surface area contributed by atoms with Gasteiger partial charge in [0.05, 0.1) is 13.7 Å². The molecule has 0 bridgehead atoms. The van der Waals surface area contributed by atoms with Crippen molar-refractivity contribution in [3.63, 3.8) is 0 Å². The fourth-order valence-electron chi connectivity index (χ4n) is 2.68. The number of carbonyl (C=O) groups excluding carboxylic acids is 2. The van der Waals surface area contributed by atoms with Crippen LogP contribution in [0.4, 0.5) is 0 Å². The Morgan fingerprint density at radius 2 is 1.76 bits per heavy atom. The quantitative estimate of drug-likeness (QED) is 0.654. The highest BCUT2D eigenvalue weighted by molar-refractivity contribution is 5.89. The van der Waals surface area contributed by atoms with Crippen LogP contribution in [0.1, 0.15) is 18.4 Å². The third-order valence-electron chi connectivity index (χ3n) is 4.27. The molecule has 8 heteroatoms. The fourth-order valence-corrected chi connectivity index (χ4v) is 2.68. The van der Waals surface area contributed by atoms with Crippen LogP contribution in [0.2, 0.25) is 0 Å². The summed E-state index contributed by atoms with van der Waals surface area (Å²) in [4.78, 5) is 24.3. The predicted octanol–water partition coefficient (Wildman–Crippen LogP) is 0.618. The highest BCUT2D eigenvalue weighted by Gasteiger charge is 2.39. The first-order chi connectivity index (χ1) is 11.6. The topological polar surface area (TPSA) is 88.7 Å². The standard InChI is InChI=1S/C17H25N3O4.ClH/c1-23-14-5-3-13(4-6-14)11-19-15(21)12-20-16(22)17(24-2)7-9-18-10-8-17;/h3-6,18H,7-12H2,1-2H3,(H,19,21)(H,20,22);1H. The van der Waals surface area contributed by atoms with Gasteiger partial charge in [0.1, 0.15) is 11.4 Å². The van der Waals surface area contributed by atoms with E-state index in [0.717, 1.165) is 24.4 Å². The van der Waals surface area contributed by atoms with Gasteiger partial charge in [-0.1, -0.05) is 12.1 Å². The molecule has 0 aromatic heterocycles. The van der Waals surface area contributed by atoms with Gasteiger partial charge in [-0.05, 0) is 43.6 Å². The number of amides is 2. The molecular weight excluding hydrogens is 346 g/mol. The number of methoxy groups -OCH3 is 2.